The molecule has 0 spiro atoms. The van der Waals surface area contributed by atoms with E-state index < -0.39 is 17.5 Å². The van der Waals surface area contributed by atoms with Gasteiger partial charge in [-0.05, 0) is 12.8 Å². The van der Waals surface area contributed by atoms with Gasteiger partial charge in [-0.25, -0.2) is 19.2 Å². The second-order valence-electron chi connectivity index (χ2n) is 3.00. The van der Waals surface area contributed by atoms with Crippen molar-refractivity contribution < 1.29 is 14.3 Å². The summed E-state index contributed by atoms with van der Waals surface area (Å²) in [4.78, 5) is 17.6. The Balaban J connectivity index is 2.47. The summed E-state index contributed by atoms with van der Waals surface area (Å²) in [6.45, 7) is 0. The van der Waals surface area contributed by atoms with Gasteiger partial charge in [-0.2, -0.15) is 0 Å². The minimum atomic E-state index is -1.35. The Morgan fingerprint density at radius 2 is 2.23 bits per heavy atom. The smallest absolute Gasteiger partial charge is 0.357 e. The minimum absolute atomic E-state index is 0.0982. The van der Waals surface area contributed by atoms with Gasteiger partial charge < -0.3 is 5.11 Å². The van der Waals surface area contributed by atoms with Gasteiger partial charge in [0.05, 0.1) is 5.69 Å². The van der Waals surface area contributed by atoms with Crippen LogP contribution in [0.2, 0.25) is 0 Å². The van der Waals surface area contributed by atoms with Gasteiger partial charge in [-0.3, -0.25) is 0 Å². The van der Waals surface area contributed by atoms with Crippen LogP contribution < -0.4 is 0 Å². The lowest BCUT2D eigenvalue weighted by atomic mass is 10.2. The molecule has 0 unspecified atom stereocenters. The van der Waals surface area contributed by atoms with Crippen molar-refractivity contribution in [2.75, 3.05) is 0 Å². The molecular formula is C8H7FN2O2. The topological polar surface area (TPSA) is 63.1 Å². The molecule has 1 aromatic rings. The van der Waals surface area contributed by atoms with Crippen LogP contribution in [0.5, 0.6) is 0 Å². The first-order valence-corrected chi connectivity index (χ1v) is 3.94. The SMILES string of the molecule is O=C(O)c1ncnc(C2CC2)c1F. The summed E-state index contributed by atoms with van der Waals surface area (Å²) in [6, 6.07) is 0. The fourth-order valence-corrected chi connectivity index (χ4v) is 1.17. The normalized spacial score (nSPS) is 15.8. The van der Waals surface area contributed by atoms with Crippen LogP contribution in [-0.2, 0) is 0 Å². The molecule has 1 N–H and O–H groups in total. The lowest BCUT2D eigenvalue weighted by Crippen LogP contribution is -2.08. The first-order chi connectivity index (χ1) is 6.20. The van der Waals surface area contributed by atoms with E-state index in [-0.39, 0.29) is 11.6 Å². The van der Waals surface area contributed by atoms with Gasteiger partial charge in [0.1, 0.15) is 6.33 Å². The monoisotopic (exact) mass is 182 g/mol. The quantitative estimate of drug-likeness (QED) is 0.746. The van der Waals surface area contributed by atoms with Crippen LogP contribution >= 0.6 is 0 Å². The van der Waals surface area contributed by atoms with E-state index >= 15 is 0 Å². The fraction of sp³-hybridized carbons (Fsp3) is 0.375. The van der Waals surface area contributed by atoms with Crippen LogP contribution in [0.4, 0.5) is 4.39 Å². The maximum Gasteiger partial charge on any atom is 0.357 e. The predicted octanol–water partition coefficient (Wildman–Crippen LogP) is 1.19. The number of aromatic nitrogens is 2. The highest BCUT2D eigenvalue weighted by Gasteiger charge is 2.30. The summed E-state index contributed by atoms with van der Waals surface area (Å²) in [5.74, 6) is -2.03. The molecular weight excluding hydrogens is 175 g/mol. The van der Waals surface area contributed by atoms with Crippen LogP contribution in [0, 0.1) is 5.82 Å². The van der Waals surface area contributed by atoms with Crippen LogP contribution in [0.25, 0.3) is 0 Å². The maximum absolute atomic E-state index is 13.3. The summed E-state index contributed by atoms with van der Waals surface area (Å²) in [5.41, 5.74) is -0.288. The van der Waals surface area contributed by atoms with Crippen LogP contribution in [0.3, 0.4) is 0 Å². The molecule has 1 saturated carbocycles. The van der Waals surface area contributed by atoms with Gasteiger partial charge in [-0.1, -0.05) is 0 Å². The molecule has 13 heavy (non-hydrogen) atoms. The molecule has 0 amide bonds. The number of aromatic carboxylic acids is 1. The molecule has 4 nitrogen and oxygen atoms in total. The first kappa shape index (κ1) is 8.10. The van der Waals surface area contributed by atoms with E-state index in [9.17, 15) is 9.18 Å². The Morgan fingerprint density at radius 3 is 2.77 bits per heavy atom. The largest absolute Gasteiger partial charge is 0.476 e. The average Bonchev–Trinajstić information content (AvgIpc) is 2.87. The first-order valence-electron chi connectivity index (χ1n) is 3.94. The zero-order valence-electron chi connectivity index (χ0n) is 6.70. The molecule has 0 saturated heterocycles. The van der Waals surface area contributed by atoms with E-state index in [1.807, 2.05) is 0 Å². The van der Waals surface area contributed by atoms with E-state index in [0.29, 0.717) is 0 Å². The van der Waals surface area contributed by atoms with Gasteiger partial charge in [0.15, 0.2) is 11.5 Å². The third-order valence-electron chi connectivity index (χ3n) is 1.98. The molecule has 5 heteroatoms. The number of nitrogens with zero attached hydrogens (tertiary/aromatic N) is 2. The molecule has 0 aliphatic heterocycles. The number of carbonyl (C=O) groups is 1. The molecule has 1 aromatic heterocycles. The van der Waals surface area contributed by atoms with Crippen LogP contribution in [0.1, 0.15) is 34.9 Å². The zero-order chi connectivity index (χ0) is 9.42. The lowest BCUT2D eigenvalue weighted by Gasteiger charge is -2.00. The van der Waals surface area contributed by atoms with Gasteiger partial charge in [0.25, 0.3) is 0 Å². The number of rotatable bonds is 2. The molecule has 2 rings (SSSR count). The number of carboxylic acid groups (broad SMARTS) is 1. The molecule has 1 aliphatic carbocycles. The van der Waals surface area contributed by atoms with E-state index in [1.165, 1.54) is 0 Å². The highest BCUT2D eigenvalue weighted by atomic mass is 19.1. The summed E-state index contributed by atoms with van der Waals surface area (Å²) in [6.07, 6.45) is 2.86. The summed E-state index contributed by atoms with van der Waals surface area (Å²) < 4.78 is 13.3. The Morgan fingerprint density at radius 1 is 1.54 bits per heavy atom. The Kier molecular flexibility index (Phi) is 1.72. The van der Waals surface area contributed by atoms with Gasteiger partial charge in [0.2, 0.25) is 0 Å². The Labute approximate surface area is 73.4 Å². The third kappa shape index (κ3) is 1.37. The minimum Gasteiger partial charge on any atom is -0.476 e. The number of halogens is 1. The number of carboxylic acids is 1. The zero-order valence-corrected chi connectivity index (χ0v) is 6.70. The van der Waals surface area contributed by atoms with Crippen molar-refractivity contribution in [3.05, 3.63) is 23.5 Å². The number of hydrogen-bond donors (Lipinski definition) is 1. The van der Waals surface area contributed by atoms with Crippen molar-refractivity contribution >= 4 is 5.97 Å². The average molecular weight is 182 g/mol. The molecule has 1 fully saturated rings. The Bertz CT molecular complexity index is 363. The second kappa shape index (κ2) is 2.76. The summed E-state index contributed by atoms with van der Waals surface area (Å²) >= 11 is 0. The fourth-order valence-electron chi connectivity index (χ4n) is 1.17. The van der Waals surface area contributed by atoms with Crippen molar-refractivity contribution in [1.82, 2.24) is 9.97 Å². The van der Waals surface area contributed by atoms with E-state index in [1.54, 1.807) is 0 Å². The molecule has 68 valence electrons. The molecule has 0 atom stereocenters. The van der Waals surface area contributed by atoms with Crippen LogP contribution in [-0.4, -0.2) is 21.0 Å². The second-order valence-corrected chi connectivity index (χ2v) is 3.00. The van der Waals surface area contributed by atoms with E-state index in [0.717, 1.165) is 19.2 Å². The Hall–Kier alpha value is -1.52. The predicted molar refractivity (Wildman–Crippen MR) is 40.9 cm³/mol. The van der Waals surface area contributed by atoms with E-state index in [2.05, 4.69) is 9.97 Å². The summed E-state index contributed by atoms with van der Waals surface area (Å²) in [5, 5.41) is 8.56. The standard InChI is InChI=1S/C8H7FN2O2/c9-5-6(4-1-2-4)10-3-11-7(5)8(12)13/h3-4H,1-2H2,(H,12,13). The molecule has 1 heterocycles. The molecule has 0 aromatic carbocycles. The van der Waals surface area contributed by atoms with E-state index in [4.69, 9.17) is 5.11 Å². The van der Waals surface area contributed by atoms with Crippen molar-refractivity contribution in [3.8, 4) is 0 Å². The number of hydrogen-bond acceptors (Lipinski definition) is 3. The van der Waals surface area contributed by atoms with Crippen molar-refractivity contribution in [3.63, 3.8) is 0 Å². The van der Waals surface area contributed by atoms with Gasteiger partial charge in [-0.15, -0.1) is 0 Å². The molecule has 0 bridgehead atoms. The summed E-state index contributed by atoms with van der Waals surface area (Å²) in [7, 11) is 0. The highest BCUT2D eigenvalue weighted by molar-refractivity contribution is 5.85. The van der Waals surface area contributed by atoms with Crippen molar-refractivity contribution in [2.45, 2.75) is 18.8 Å². The van der Waals surface area contributed by atoms with Crippen molar-refractivity contribution in [1.29, 1.82) is 0 Å². The molecule has 1 aliphatic rings. The van der Waals surface area contributed by atoms with Gasteiger partial charge in [0, 0.05) is 5.92 Å². The third-order valence-corrected chi connectivity index (χ3v) is 1.98. The lowest BCUT2D eigenvalue weighted by molar-refractivity contribution is 0.0684. The van der Waals surface area contributed by atoms with Crippen LogP contribution in [0.15, 0.2) is 6.33 Å². The van der Waals surface area contributed by atoms with Crippen molar-refractivity contribution in [2.24, 2.45) is 0 Å². The highest BCUT2D eigenvalue weighted by Crippen LogP contribution is 2.40. The van der Waals surface area contributed by atoms with Gasteiger partial charge >= 0.3 is 5.97 Å². The maximum atomic E-state index is 13.3. The molecule has 0 radical (unpaired) electrons.